The molecule has 0 heterocycles. The Kier molecular flexibility index (Phi) is 5.78. The lowest BCUT2D eigenvalue weighted by Crippen LogP contribution is -2.17. The third kappa shape index (κ3) is 4.53. The zero-order chi connectivity index (χ0) is 8.85. The van der Waals surface area contributed by atoms with Crippen molar-refractivity contribution < 1.29 is 8.76 Å². The lowest BCUT2D eigenvalue weighted by atomic mass is 9.91. The fourth-order valence-corrected chi connectivity index (χ4v) is 2.13. The van der Waals surface area contributed by atoms with Crippen LogP contribution in [0.5, 0.6) is 0 Å². The minimum Gasteiger partial charge on any atom is -0.306 e. The van der Waals surface area contributed by atoms with E-state index in [1.807, 2.05) is 0 Å². The maximum absolute atomic E-state index is 10.5. The largest absolute Gasteiger partial charge is 0.306 e. The van der Waals surface area contributed by atoms with Crippen molar-refractivity contribution in [3.05, 3.63) is 0 Å². The van der Waals surface area contributed by atoms with Crippen LogP contribution in [-0.2, 0) is 11.1 Å². The van der Waals surface area contributed by atoms with Crippen molar-refractivity contribution >= 4 is 11.1 Å². The predicted octanol–water partition coefficient (Wildman–Crippen LogP) is 2.28. The predicted molar refractivity (Wildman–Crippen MR) is 48.9 cm³/mol. The van der Waals surface area contributed by atoms with Crippen LogP contribution in [0.1, 0.15) is 33.6 Å². The fourth-order valence-electron chi connectivity index (χ4n) is 1.20. The maximum Gasteiger partial charge on any atom is 0.153 e. The Labute approximate surface area is 71.7 Å². The van der Waals surface area contributed by atoms with Crippen LogP contribution >= 0.6 is 0 Å². The zero-order valence-electron chi connectivity index (χ0n) is 7.54. The standard InChI is InChI=1S/C8H18O2S/c1-4-7(3)8(5-2)6-11(9)10/h7-8H,4-6H2,1-3H3,(H,9,10). The molecule has 0 amide bonds. The molecule has 0 saturated heterocycles. The van der Waals surface area contributed by atoms with Gasteiger partial charge in [0.25, 0.3) is 0 Å². The first-order valence-electron chi connectivity index (χ1n) is 4.19. The second-order valence-electron chi connectivity index (χ2n) is 3.04. The van der Waals surface area contributed by atoms with E-state index in [0.717, 1.165) is 12.8 Å². The zero-order valence-corrected chi connectivity index (χ0v) is 8.36. The van der Waals surface area contributed by atoms with Crippen LogP contribution in [-0.4, -0.2) is 14.5 Å². The molecular weight excluding hydrogens is 160 g/mol. The highest BCUT2D eigenvalue weighted by Crippen LogP contribution is 2.18. The first-order valence-corrected chi connectivity index (χ1v) is 5.46. The summed E-state index contributed by atoms with van der Waals surface area (Å²) < 4.78 is 19.2. The third-order valence-corrected chi connectivity index (χ3v) is 3.04. The molecule has 0 fully saturated rings. The number of hydrogen-bond acceptors (Lipinski definition) is 1. The fraction of sp³-hybridized carbons (Fsp3) is 1.00. The van der Waals surface area contributed by atoms with Crippen LogP contribution in [0.2, 0.25) is 0 Å². The molecule has 0 aromatic heterocycles. The molecule has 2 nitrogen and oxygen atoms in total. The molecule has 0 rings (SSSR count). The number of hydrogen-bond donors (Lipinski definition) is 1. The van der Waals surface area contributed by atoms with Crippen LogP contribution in [0.15, 0.2) is 0 Å². The monoisotopic (exact) mass is 178 g/mol. The molecule has 0 aliphatic rings. The van der Waals surface area contributed by atoms with Crippen molar-refractivity contribution in [1.29, 1.82) is 0 Å². The quantitative estimate of drug-likeness (QED) is 0.656. The van der Waals surface area contributed by atoms with Gasteiger partial charge < -0.3 is 4.55 Å². The molecular formula is C8H18O2S. The summed E-state index contributed by atoms with van der Waals surface area (Å²) in [6, 6.07) is 0. The van der Waals surface area contributed by atoms with Gasteiger partial charge in [0.05, 0.1) is 5.75 Å². The number of rotatable bonds is 5. The van der Waals surface area contributed by atoms with Crippen LogP contribution in [0.3, 0.4) is 0 Å². The summed E-state index contributed by atoms with van der Waals surface area (Å²) in [5, 5.41) is 0. The highest BCUT2D eigenvalue weighted by Gasteiger charge is 2.15. The molecule has 3 heteroatoms. The summed E-state index contributed by atoms with van der Waals surface area (Å²) in [5.41, 5.74) is 0. The lowest BCUT2D eigenvalue weighted by Gasteiger charge is -2.19. The smallest absolute Gasteiger partial charge is 0.153 e. The van der Waals surface area contributed by atoms with Gasteiger partial charge in [-0.25, -0.2) is 4.21 Å². The van der Waals surface area contributed by atoms with E-state index in [1.54, 1.807) is 0 Å². The van der Waals surface area contributed by atoms with Gasteiger partial charge in [0.2, 0.25) is 0 Å². The Morgan fingerprint density at radius 3 is 2.18 bits per heavy atom. The molecule has 0 spiro atoms. The van der Waals surface area contributed by atoms with Crippen LogP contribution in [0.25, 0.3) is 0 Å². The summed E-state index contributed by atoms with van der Waals surface area (Å²) >= 11 is -1.62. The first-order chi connectivity index (χ1) is 5.11. The molecule has 0 bridgehead atoms. The van der Waals surface area contributed by atoms with Gasteiger partial charge in [-0.1, -0.05) is 33.6 Å². The second kappa shape index (κ2) is 5.72. The summed E-state index contributed by atoms with van der Waals surface area (Å²) in [6.45, 7) is 6.33. The Hall–Kier alpha value is 0.110. The van der Waals surface area contributed by atoms with Crippen molar-refractivity contribution in [3.63, 3.8) is 0 Å². The highest BCUT2D eigenvalue weighted by atomic mass is 32.2. The molecule has 0 radical (unpaired) electrons. The molecule has 0 aromatic rings. The molecule has 11 heavy (non-hydrogen) atoms. The van der Waals surface area contributed by atoms with E-state index in [0.29, 0.717) is 17.6 Å². The summed E-state index contributed by atoms with van der Waals surface area (Å²) in [5.74, 6) is 1.41. The van der Waals surface area contributed by atoms with E-state index >= 15 is 0 Å². The summed E-state index contributed by atoms with van der Waals surface area (Å²) in [6.07, 6.45) is 2.09. The van der Waals surface area contributed by atoms with Crippen LogP contribution in [0.4, 0.5) is 0 Å². The average molecular weight is 178 g/mol. The van der Waals surface area contributed by atoms with Gasteiger partial charge in [-0.15, -0.1) is 0 Å². The Bertz CT molecular complexity index is 125. The molecule has 0 aliphatic heterocycles. The highest BCUT2D eigenvalue weighted by molar-refractivity contribution is 7.79. The Morgan fingerprint density at radius 1 is 1.36 bits per heavy atom. The molecule has 3 unspecified atom stereocenters. The SMILES string of the molecule is CCC(C)C(CC)CS(=O)O. The van der Waals surface area contributed by atoms with Gasteiger partial charge in [-0.05, 0) is 11.8 Å². The molecule has 0 aromatic carbocycles. The van der Waals surface area contributed by atoms with E-state index in [-0.39, 0.29) is 0 Å². The molecule has 3 atom stereocenters. The van der Waals surface area contributed by atoms with Gasteiger partial charge in [0, 0.05) is 0 Å². The third-order valence-electron chi connectivity index (χ3n) is 2.33. The molecule has 68 valence electrons. The van der Waals surface area contributed by atoms with E-state index in [1.165, 1.54) is 0 Å². The lowest BCUT2D eigenvalue weighted by molar-refractivity contribution is 0.365. The Morgan fingerprint density at radius 2 is 1.91 bits per heavy atom. The van der Waals surface area contributed by atoms with E-state index < -0.39 is 11.1 Å². The normalized spacial score (nSPS) is 19.3. The Balaban J connectivity index is 3.84. The van der Waals surface area contributed by atoms with Crippen molar-refractivity contribution in [3.8, 4) is 0 Å². The van der Waals surface area contributed by atoms with Gasteiger partial charge in [-0.2, -0.15) is 0 Å². The second-order valence-corrected chi connectivity index (χ2v) is 4.02. The van der Waals surface area contributed by atoms with Gasteiger partial charge in [-0.3, -0.25) is 0 Å². The van der Waals surface area contributed by atoms with Crippen LogP contribution in [0, 0.1) is 11.8 Å². The van der Waals surface area contributed by atoms with E-state index in [9.17, 15) is 4.21 Å². The van der Waals surface area contributed by atoms with Crippen LogP contribution < -0.4 is 0 Å². The molecule has 0 saturated carbocycles. The van der Waals surface area contributed by atoms with E-state index in [4.69, 9.17) is 4.55 Å². The maximum atomic E-state index is 10.5. The summed E-state index contributed by atoms with van der Waals surface area (Å²) in [7, 11) is 0. The van der Waals surface area contributed by atoms with Gasteiger partial charge in [0.15, 0.2) is 11.1 Å². The van der Waals surface area contributed by atoms with E-state index in [2.05, 4.69) is 20.8 Å². The van der Waals surface area contributed by atoms with Crippen molar-refractivity contribution in [1.82, 2.24) is 0 Å². The van der Waals surface area contributed by atoms with Gasteiger partial charge >= 0.3 is 0 Å². The van der Waals surface area contributed by atoms with Crippen molar-refractivity contribution in [2.24, 2.45) is 11.8 Å². The van der Waals surface area contributed by atoms with Crippen molar-refractivity contribution in [2.45, 2.75) is 33.6 Å². The minimum absolute atomic E-state index is 0.408. The van der Waals surface area contributed by atoms with Crippen molar-refractivity contribution in [2.75, 3.05) is 5.75 Å². The topological polar surface area (TPSA) is 37.3 Å². The minimum atomic E-state index is -1.62. The average Bonchev–Trinajstić information content (AvgIpc) is 1.98. The molecule has 0 aliphatic carbocycles. The van der Waals surface area contributed by atoms with Gasteiger partial charge in [0.1, 0.15) is 0 Å². The first kappa shape index (κ1) is 11.1. The summed E-state index contributed by atoms with van der Waals surface area (Å²) in [4.78, 5) is 0. The molecule has 1 N–H and O–H groups in total.